The Morgan fingerprint density at radius 2 is 2.06 bits per heavy atom. The lowest BCUT2D eigenvalue weighted by molar-refractivity contribution is -0.133. The molecule has 2 aromatic rings. The summed E-state index contributed by atoms with van der Waals surface area (Å²) in [6, 6.07) is 4.97. The Kier molecular flexibility index (Phi) is 6.15. The first-order valence-corrected chi connectivity index (χ1v) is 10.5. The van der Waals surface area contributed by atoms with E-state index in [2.05, 4.69) is 26.9 Å². The number of hydrogen-bond donors (Lipinski definition) is 3. The summed E-state index contributed by atoms with van der Waals surface area (Å²) in [5.41, 5.74) is 4.80. The van der Waals surface area contributed by atoms with E-state index < -0.39 is 0 Å². The highest BCUT2D eigenvalue weighted by Gasteiger charge is 2.35. The number of pyridine rings is 1. The number of carbonyl (C=O) groups is 1. The van der Waals surface area contributed by atoms with Crippen LogP contribution in [0, 0.1) is 0 Å². The first-order chi connectivity index (χ1) is 14.9. The lowest BCUT2D eigenvalue weighted by Gasteiger charge is -2.46. The Morgan fingerprint density at radius 1 is 1.32 bits per heavy atom. The second kappa shape index (κ2) is 8.84. The number of rotatable bonds is 4. The number of halogens is 2. The number of carbonyl (C=O) groups excluding carboxylic acids is 1. The van der Waals surface area contributed by atoms with Crippen LogP contribution in [0.4, 0.5) is 5.69 Å². The van der Waals surface area contributed by atoms with E-state index in [0.717, 1.165) is 17.7 Å². The molecule has 1 amide bonds. The molecule has 1 aromatic carbocycles. The molecule has 2 aliphatic heterocycles. The van der Waals surface area contributed by atoms with Gasteiger partial charge in [0.2, 0.25) is 5.91 Å². The summed E-state index contributed by atoms with van der Waals surface area (Å²) in [4.78, 5) is 24.5. The molecule has 3 N–H and O–H groups in total. The fourth-order valence-electron chi connectivity index (χ4n) is 3.89. The Morgan fingerprint density at radius 3 is 2.77 bits per heavy atom. The van der Waals surface area contributed by atoms with Gasteiger partial charge in [-0.2, -0.15) is 0 Å². The van der Waals surface area contributed by atoms with E-state index in [-0.39, 0.29) is 33.2 Å². The molecule has 0 bridgehead atoms. The second-order valence-corrected chi connectivity index (χ2v) is 8.26. The zero-order valence-corrected chi connectivity index (χ0v) is 18.1. The first-order valence-electron chi connectivity index (χ1n) is 9.70. The van der Waals surface area contributed by atoms with Gasteiger partial charge in [-0.1, -0.05) is 29.8 Å². The molecule has 0 unspecified atom stereocenters. The number of aromatic hydroxyl groups is 1. The maximum Gasteiger partial charge on any atom is 0.246 e. The van der Waals surface area contributed by atoms with Crippen molar-refractivity contribution in [3.05, 3.63) is 63.9 Å². The molecular formula is C21H21Cl2N5O3. The average Bonchev–Trinajstić information content (AvgIpc) is 2.73. The van der Waals surface area contributed by atoms with Gasteiger partial charge in [-0.3, -0.25) is 25.4 Å². The van der Waals surface area contributed by atoms with E-state index in [1.165, 1.54) is 18.2 Å². The van der Waals surface area contributed by atoms with Gasteiger partial charge in [0.15, 0.2) is 5.84 Å². The Hall–Kier alpha value is -2.65. The third kappa shape index (κ3) is 4.24. The molecule has 0 atom stereocenters. The van der Waals surface area contributed by atoms with Gasteiger partial charge in [0, 0.05) is 44.5 Å². The number of fused-ring (bicyclic) bond motifs is 1. The smallest absolute Gasteiger partial charge is 0.246 e. The van der Waals surface area contributed by atoms with Crippen LogP contribution in [-0.4, -0.2) is 62.5 Å². The van der Waals surface area contributed by atoms with Crippen LogP contribution in [-0.2, 0) is 17.8 Å². The van der Waals surface area contributed by atoms with Gasteiger partial charge in [0.05, 0.1) is 10.0 Å². The number of phenolic OH excluding ortho intramolecular Hbond substituents is 1. The van der Waals surface area contributed by atoms with Crippen molar-refractivity contribution in [3.63, 3.8) is 0 Å². The number of phenols is 1. The molecule has 4 rings (SSSR count). The zero-order valence-electron chi connectivity index (χ0n) is 16.6. The standard InChI is InChI=1S/C21H21Cl2N5O3/c1-2-19(30)28-10-13(11-28)27-6-4-14-12(9-27)3-5-24-20(14)21(26-31)25-17-7-15(22)16(23)8-18(17)29/h2-3,5,7-8,13,29,31H,1,4,6,9-11H2,(H,25,26). The van der Waals surface area contributed by atoms with E-state index in [1.54, 1.807) is 11.1 Å². The van der Waals surface area contributed by atoms with Crippen LogP contribution in [0.2, 0.25) is 10.0 Å². The average molecular weight is 462 g/mol. The molecule has 2 aliphatic rings. The van der Waals surface area contributed by atoms with Gasteiger partial charge >= 0.3 is 0 Å². The molecule has 0 saturated carbocycles. The molecule has 10 heteroatoms. The minimum absolute atomic E-state index is 0.0411. The first kappa shape index (κ1) is 21.6. The van der Waals surface area contributed by atoms with Gasteiger partial charge in [-0.25, -0.2) is 4.99 Å². The van der Waals surface area contributed by atoms with E-state index in [1.807, 2.05) is 6.07 Å². The van der Waals surface area contributed by atoms with E-state index in [9.17, 15) is 15.1 Å². The third-order valence-electron chi connectivity index (χ3n) is 5.62. The summed E-state index contributed by atoms with van der Waals surface area (Å²) in [6.45, 7) is 6.42. The van der Waals surface area contributed by atoms with Crippen molar-refractivity contribution in [2.24, 2.45) is 4.99 Å². The molecular weight excluding hydrogens is 441 g/mol. The lowest BCUT2D eigenvalue weighted by atomic mass is 9.95. The number of hydrogen-bond acceptors (Lipinski definition) is 6. The minimum Gasteiger partial charge on any atom is -0.506 e. The number of likely N-dealkylation sites (tertiary alicyclic amines) is 1. The second-order valence-electron chi connectivity index (χ2n) is 7.45. The predicted octanol–water partition coefficient (Wildman–Crippen LogP) is 2.91. The van der Waals surface area contributed by atoms with Crippen molar-refractivity contribution in [1.82, 2.24) is 20.3 Å². The summed E-state index contributed by atoms with van der Waals surface area (Å²) in [5.74, 6) is -0.104. The number of benzene rings is 1. The van der Waals surface area contributed by atoms with Gasteiger partial charge < -0.3 is 10.0 Å². The van der Waals surface area contributed by atoms with Crippen LogP contribution >= 0.6 is 23.2 Å². The number of aliphatic imine (C=N–C) groups is 1. The van der Waals surface area contributed by atoms with Gasteiger partial charge in [-0.15, -0.1) is 0 Å². The van der Waals surface area contributed by atoms with E-state index in [4.69, 9.17) is 23.2 Å². The van der Waals surface area contributed by atoms with Crippen LogP contribution in [0.3, 0.4) is 0 Å². The maximum absolute atomic E-state index is 11.7. The molecule has 31 heavy (non-hydrogen) atoms. The molecule has 162 valence electrons. The summed E-state index contributed by atoms with van der Waals surface area (Å²) in [7, 11) is 0. The highest BCUT2D eigenvalue weighted by Crippen LogP contribution is 2.36. The molecule has 0 spiro atoms. The van der Waals surface area contributed by atoms with Crippen LogP contribution < -0.4 is 5.48 Å². The third-order valence-corrected chi connectivity index (χ3v) is 6.34. The maximum atomic E-state index is 11.7. The summed E-state index contributed by atoms with van der Waals surface area (Å²) in [6.07, 6.45) is 3.71. The number of nitrogens with zero attached hydrogens (tertiary/aromatic N) is 4. The van der Waals surface area contributed by atoms with Gasteiger partial charge in [-0.05, 0) is 35.8 Å². The quantitative estimate of drug-likeness (QED) is 0.280. The molecule has 0 radical (unpaired) electrons. The Bertz CT molecular complexity index is 1070. The van der Waals surface area contributed by atoms with Crippen molar-refractivity contribution in [2.45, 2.75) is 19.0 Å². The van der Waals surface area contributed by atoms with E-state index in [0.29, 0.717) is 37.8 Å². The monoisotopic (exact) mass is 461 g/mol. The Labute approximate surface area is 189 Å². The fraction of sp³-hybridized carbons (Fsp3) is 0.286. The van der Waals surface area contributed by atoms with Crippen LogP contribution in [0.25, 0.3) is 0 Å². The molecule has 0 aliphatic carbocycles. The predicted molar refractivity (Wildman–Crippen MR) is 118 cm³/mol. The zero-order chi connectivity index (χ0) is 22.1. The summed E-state index contributed by atoms with van der Waals surface area (Å²) < 4.78 is 0. The SMILES string of the molecule is C=CC(=O)N1CC(N2CCc3c(ccnc3C(=Nc3cc(Cl)c(Cl)cc3O)NO)C2)C1. The normalized spacial score (nSPS) is 17.1. The molecule has 3 heterocycles. The van der Waals surface area contributed by atoms with Crippen LogP contribution in [0.1, 0.15) is 16.8 Å². The van der Waals surface area contributed by atoms with Crippen molar-refractivity contribution < 1.29 is 15.1 Å². The number of amides is 1. The lowest BCUT2D eigenvalue weighted by Crippen LogP contribution is -2.61. The van der Waals surface area contributed by atoms with Crippen LogP contribution in [0.15, 0.2) is 42.0 Å². The summed E-state index contributed by atoms with van der Waals surface area (Å²) in [5, 5.41) is 20.3. The molecule has 8 nitrogen and oxygen atoms in total. The van der Waals surface area contributed by atoms with Crippen molar-refractivity contribution in [1.29, 1.82) is 0 Å². The fourth-order valence-corrected chi connectivity index (χ4v) is 4.21. The number of amidine groups is 1. The molecule has 1 aromatic heterocycles. The van der Waals surface area contributed by atoms with Crippen molar-refractivity contribution in [2.75, 3.05) is 19.6 Å². The Balaban J connectivity index is 1.57. The topological polar surface area (TPSA) is 101 Å². The highest BCUT2D eigenvalue weighted by molar-refractivity contribution is 6.42. The molecule has 1 saturated heterocycles. The number of hydroxylamine groups is 1. The van der Waals surface area contributed by atoms with Gasteiger partial charge in [0.25, 0.3) is 0 Å². The van der Waals surface area contributed by atoms with Gasteiger partial charge in [0.1, 0.15) is 17.1 Å². The van der Waals surface area contributed by atoms with E-state index >= 15 is 0 Å². The minimum atomic E-state index is -0.165. The molecule has 1 fully saturated rings. The van der Waals surface area contributed by atoms with Crippen LogP contribution in [0.5, 0.6) is 5.75 Å². The highest BCUT2D eigenvalue weighted by atomic mass is 35.5. The van der Waals surface area contributed by atoms with Crippen molar-refractivity contribution >= 4 is 40.6 Å². The van der Waals surface area contributed by atoms with Crippen molar-refractivity contribution in [3.8, 4) is 5.75 Å². The summed E-state index contributed by atoms with van der Waals surface area (Å²) >= 11 is 11.9. The largest absolute Gasteiger partial charge is 0.506 e. The number of aromatic nitrogens is 1. The number of nitrogens with one attached hydrogen (secondary N) is 1.